The van der Waals surface area contributed by atoms with E-state index in [9.17, 15) is 0 Å². The predicted molar refractivity (Wildman–Crippen MR) is 79.3 cm³/mol. The number of rotatable bonds is 9. The van der Waals surface area contributed by atoms with E-state index in [1.807, 2.05) is 0 Å². The smallest absolute Gasteiger partial charge is 0.00474 e. The van der Waals surface area contributed by atoms with E-state index in [1.165, 1.54) is 38.5 Å². The molecule has 0 nitrogen and oxygen atoms in total. The van der Waals surface area contributed by atoms with Gasteiger partial charge >= 0.3 is 0 Å². The Morgan fingerprint density at radius 3 is 2.00 bits per heavy atom. The molecule has 3 unspecified atom stereocenters. The zero-order chi connectivity index (χ0) is 12.6. The molecule has 0 amide bonds. The summed E-state index contributed by atoms with van der Waals surface area (Å²) in [6.07, 6.45) is 8.14. The summed E-state index contributed by atoms with van der Waals surface area (Å²) in [5.41, 5.74) is 0. The fourth-order valence-corrected chi connectivity index (χ4v) is 3.48. The molecule has 0 aliphatic rings. The molecule has 0 aromatic heterocycles. The highest BCUT2D eigenvalue weighted by atomic mass is 32.1. The first kappa shape index (κ1) is 16.4. The lowest BCUT2D eigenvalue weighted by atomic mass is 9.78. The molecule has 16 heavy (non-hydrogen) atoms. The van der Waals surface area contributed by atoms with Crippen molar-refractivity contribution < 1.29 is 0 Å². The Hall–Kier alpha value is 0.350. The van der Waals surface area contributed by atoms with Gasteiger partial charge in [0.15, 0.2) is 0 Å². The van der Waals surface area contributed by atoms with Gasteiger partial charge in [0.1, 0.15) is 0 Å². The molecule has 0 rings (SSSR count). The second kappa shape index (κ2) is 9.39. The van der Waals surface area contributed by atoms with E-state index in [2.05, 4.69) is 34.6 Å². The first-order valence-electron chi connectivity index (χ1n) is 7.22. The van der Waals surface area contributed by atoms with Gasteiger partial charge < -0.3 is 0 Å². The van der Waals surface area contributed by atoms with E-state index < -0.39 is 0 Å². The van der Waals surface area contributed by atoms with E-state index >= 15 is 0 Å². The molecule has 0 N–H and O–H groups in total. The maximum atomic E-state index is 4.77. The van der Waals surface area contributed by atoms with Crippen molar-refractivity contribution in [3.63, 3.8) is 0 Å². The minimum Gasteiger partial charge on any atom is -0.176 e. The summed E-state index contributed by atoms with van der Waals surface area (Å²) in [6.45, 7) is 11.7. The molecule has 0 aliphatic carbocycles. The predicted octanol–water partition coefficient (Wildman–Crippen LogP) is 5.57. The van der Waals surface area contributed by atoms with Crippen LogP contribution in [0.1, 0.15) is 73.1 Å². The van der Waals surface area contributed by atoms with Gasteiger partial charge in [-0.15, -0.1) is 0 Å². The molecule has 1 heteroatoms. The lowest BCUT2D eigenvalue weighted by molar-refractivity contribution is 0.243. The van der Waals surface area contributed by atoms with E-state index in [-0.39, 0.29) is 0 Å². The fourth-order valence-electron chi connectivity index (χ4n) is 2.84. The normalized spacial score (nSPS) is 17.4. The molecule has 0 aromatic carbocycles. The van der Waals surface area contributed by atoms with Gasteiger partial charge in [-0.3, -0.25) is 0 Å². The molecule has 98 valence electrons. The van der Waals surface area contributed by atoms with Crippen molar-refractivity contribution in [1.29, 1.82) is 0 Å². The number of unbranched alkanes of at least 4 members (excludes halogenated alkanes) is 3. The first-order valence-corrected chi connectivity index (χ1v) is 7.74. The maximum absolute atomic E-state index is 4.77. The lowest BCUT2D eigenvalue weighted by Gasteiger charge is -2.32. The molecule has 0 fully saturated rings. The van der Waals surface area contributed by atoms with Crippen molar-refractivity contribution in [3.8, 4) is 0 Å². The Labute approximate surface area is 109 Å². The Morgan fingerprint density at radius 1 is 0.938 bits per heavy atom. The highest BCUT2D eigenvalue weighted by molar-refractivity contribution is 7.81. The molecule has 0 spiro atoms. The molecule has 0 aliphatic heterocycles. The van der Waals surface area contributed by atoms with Crippen LogP contribution in [-0.4, -0.2) is 5.25 Å². The Bertz CT molecular complexity index is 154. The fraction of sp³-hybridized carbons (Fsp3) is 1.00. The van der Waals surface area contributed by atoms with Crippen LogP contribution in [-0.2, 0) is 0 Å². The molecule has 0 aromatic rings. The van der Waals surface area contributed by atoms with Crippen molar-refractivity contribution in [3.05, 3.63) is 0 Å². The Balaban J connectivity index is 4.02. The van der Waals surface area contributed by atoms with Gasteiger partial charge in [0.25, 0.3) is 0 Å². The van der Waals surface area contributed by atoms with Gasteiger partial charge in [0.2, 0.25) is 0 Å². The number of hydrogen-bond acceptors (Lipinski definition) is 1. The number of thiol groups is 1. The third-order valence-electron chi connectivity index (χ3n) is 3.80. The van der Waals surface area contributed by atoms with Gasteiger partial charge in [-0.2, -0.15) is 12.6 Å². The summed E-state index contributed by atoms with van der Waals surface area (Å²) >= 11 is 4.77. The van der Waals surface area contributed by atoms with Crippen LogP contribution in [0, 0.1) is 17.8 Å². The molecule has 0 radical (unpaired) electrons. The van der Waals surface area contributed by atoms with Gasteiger partial charge in [-0.25, -0.2) is 0 Å². The van der Waals surface area contributed by atoms with Crippen molar-refractivity contribution in [2.45, 2.75) is 78.4 Å². The van der Waals surface area contributed by atoms with Gasteiger partial charge in [-0.05, 0) is 24.2 Å². The average molecular weight is 244 g/mol. The topological polar surface area (TPSA) is 0 Å². The van der Waals surface area contributed by atoms with Gasteiger partial charge in [0, 0.05) is 5.25 Å². The summed E-state index contributed by atoms with van der Waals surface area (Å²) in [7, 11) is 0. The van der Waals surface area contributed by atoms with Crippen LogP contribution in [0.2, 0.25) is 0 Å². The Morgan fingerprint density at radius 2 is 1.56 bits per heavy atom. The van der Waals surface area contributed by atoms with Crippen molar-refractivity contribution >= 4 is 12.6 Å². The SMILES string of the molecule is CCCCCCC(C)C(C(C)C)C(S)CC. The van der Waals surface area contributed by atoms with Crippen LogP contribution in [0.4, 0.5) is 0 Å². The quantitative estimate of drug-likeness (QED) is 0.397. The molecule has 0 bridgehead atoms. The highest BCUT2D eigenvalue weighted by Gasteiger charge is 2.25. The second-order valence-electron chi connectivity index (χ2n) is 5.62. The first-order chi connectivity index (χ1) is 7.54. The summed E-state index contributed by atoms with van der Waals surface area (Å²) in [5.74, 6) is 2.39. The second-order valence-corrected chi connectivity index (χ2v) is 6.29. The molecule has 0 saturated carbocycles. The molecular weight excluding hydrogens is 212 g/mol. The monoisotopic (exact) mass is 244 g/mol. The average Bonchev–Trinajstić information content (AvgIpc) is 2.23. The molecular formula is C15H32S. The van der Waals surface area contributed by atoms with Crippen LogP contribution >= 0.6 is 12.6 Å². The summed E-state index contributed by atoms with van der Waals surface area (Å²) < 4.78 is 0. The summed E-state index contributed by atoms with van der Waals surface area (Å²) in [5, 5.41) is 0.584. The highest BCUT2D eigenvalue weighted by Crippen LogP contribution is 2.32. The van der Waals surface area contributed by atoms with Crippen LogP contribution < -0.4 is 0 Å². The maximum Gasteiger partial charge on any atom is 0.00474 e. The van der Waals surface area contributed by atoms with Crippen LogP contribution in [0.5, 0.6) is 0 Å². The minimum atomic E-state index is 0.584. The van der Waals surface area contributed by atoms with E-state index in [1.54, 1.807) is 0 Å². The van der Waals surface area contributed by atoms with Crippen molar-refractivity contribution in [1.82, 2.24) is 0 Å². The van der Waals surface area contributed by atoms with Crippen molar-refractivity contribution in [2.24, 2.45) is 17.8 Å². The zero-order valence-corrected chi connectivity index (χ0v) is 12.9. The van der Waals surface area contributed by atoms with Crippen LogP contribution in [0.15, 0.2) is 0 Å². The summed E-state index contributed by atoms with van der Waals surface area (Å²) in [6, 6.07) is 0. The number of hydrogen-bond donors (Lipinski definition) is 1. The molecule has 0 saturated heterocycles. The minimum absolute atomic E-state index is 0.584. The lowest BCUT2D eigenvalue weighted by Crippen LogP contribution is -2.27. The van der Waals surface area contributed by atoms with E-state index in [0.717, 1.165) is 17.8 Å². The molecule has 3 atom stereocenters. The van der Waals surface area contributed by atoms with E-state index in [0.29, 0.717) is 5.25 Å². The largest absolute Gasteiger partial charge is 0.176 e. The Kier molecular flexibility index (Phi) is 9.59. The summed E-state index contributed by atoms with van der Waals surface area (Å²) in [4.78, 5) is 0. The van der Waals surface area contributed by atoms with Crippen LogP contribution in [0.3, 0.4) is 0 Å². The zero-order valence-electron chi connectivity index (χ0n) is 12.0. The van der Waals surface area contributed by atoms with Gasteiger partial charge in [0.05, 0.1) is 0 Å². The van der Waals surface area contributed by atoms with Gasteiger partial charge in [-0.1, -0.05) is 66.7 Å². The van der Waals surface area contributed by atoms with Crippen LogP contribution in [0.25, 0.3) is 0 Å². The third-order valence-corrected chi connectivity index (χ3v) is 4.51. The van der Waals surface area contributed by atoms with Crippen molar-refractivity contribution in [2.75, 3.05) is 0 Å². The van der Waals surface area contributed by atoms with E-state index in [4.69, 9.17) is 12.6 Å². The third kappa shape index (κ3) is 6.18. The molecule has 0 heterocycles. The standard InChI is InChI=1S/C15H32S/c1-6-8-9-10-11-13(5)15(12(3)4)14(16)7-2/h12-16H,6-11H2,1-5H3.